The number of carboxylic acid groups (broad SMARTS) is 1. The zero-order chi connectivity index (χ0) is 23.6. The lowest BCUT2D eigenvalue weighted by Crippen LogP contribution is -2.22. The molecule has 2 aromatic rings. The molecule has 1 heterocycles. The van der Waals surface area contributed by atoms with Gasteiger partial charge in [-0.05, 0) is 68.2 Å². The molecule has 0 bridgehead atoms. The summed E-state index contributed by atoms with van der Waals surface area (Å²) in [5.41, 5.74) is 3.17. The molecule has 0 saturated heterocycles. The van der Waals surface area contributed by atoms with Gasteiger partial charge in [0.25, 0.3) is 0 Å². The molecule has 1 unspecified atom stereocenters. The van der Waals surface area contributed by atoms with Crippen LogP contribution in [0.3, 0.4) is 0 Å². The Labute approximate surface area is 186 Å². The molecule has 1 N–H and O–H groups in total. The molecule has 0 fully saturated rings. The van der Waals surface area contributed by atoms with Gasteiger partial charge in [-0.25, -0.2) is 0 Å². The molecule has 4 nitrogen and oxygen atoms in total. The molecular formula is C25H29F3N2O2. The van der Waals surface area contributed by atoms with Crippen LogP contribution in [0.1, 0.15) is 91.6 Å². The predicted octanol–water partition coefficient (Wildman–Crippen LogP) is 6.61. The highest BCUT2D eigenvalue weighted by atomic mass is 19.4. The molecule has 32 heavy (non-hydrogen) atoms. The van der Waals surface area contributed by atoms with Crippen molar-refractivity contribution in [1.29, 1.82) is 5.26 Å². The van der Waals surface area contributed by atoms with Crippen LogP contribution in [-0.4, -0.2) is 15.6 Å². The first-order chi connectivity index (χ1) is 15.0. The van der Waals surface area contributed by atoms with Crippen molar-refractivity contribution in [3.8, 4) is 6.07 Å². The maximum Gasteiger partial charge on any atom is 0.416 e. The van der Waals surface area contributed by atoms with E-state index in [9.17, 15) is 28.3 Å². The highest BCUT2D eigenvalue weighted by molar-refractivity contribution is 5.68. The first-order valence-corrected chi connectivity index (χ1v) is 11.1. The number of hydrogen-bond donors (Lipinski definition) is 1. The maximum atomic E-state index is 13.1. The van der Waals surface area contributed by atoms with Gasteiger partial charge in [-0.2, -0.15) is 18.4 Å². The van der Waals surface area contributed by atoms with Crippen molar-refractivity contribution in [2.24, 2.45) is 5.92 Å². The Morgan fingerprint density at radius 3 is 2.44 bits per heavy atom. The van der Waals surface area contributed by atoms with E-state index < -0.39 is 17.7 Å². The van der Waals surface area contributed by atoms with E-state index in [4.69, 9.17) is 0 Å². The van der Waals surface area contributed by atoms with Crippen LogP contribution in [-0.2, 0) is 17.4 Å². The Hall–Kier alpha value is -2.75. The number of nitriles is 1. The fraction of sp³-hybridized carbons (Fsp3) is 0.520. The normalized spacial score (nSPS) is 17.1. The summed E-state index contributed by atoms with van der Waals surface area (Å²) in [7, 11) is 0. The predicted molar refractivity (Wildman–Crippen MR) is 115 cm³/mol. The van der Waals surface area contributed by atoms with E-state index >= 15 is 0 Å². The Kier molecular flexibility index (Phi) is 7.02. The van der Waals surface area contributed by atoms with Gasteiger partial charge in [-0.1, -0.05) is 26.0 Å². The summed E-state index contributed by atoms with van der Waals surface area (Å²) in [6.07, 6.45) is -0.636. The van der Waals surface area contributed by atoms with Crippen LogP contribution in [0.5, 0.6) is 0 Å². The zero-order valence-electron chi connectivity index (χ0n) is 18.7. The van der Waals surface area contributed by atoms with Crippen LogP contribution in [0.25, 0.3) is 0 Å². The fourth-order valence-corrected chi connectivity index (χ4v) is 4.94. The molecule has 1 aliphatic carbocycles. The van der Waals surface area contributed by atoms with E-state index in [1.807, 2.05) is 6.92 Å². The van der Waals surface area contributed by atoms with Crippen LogP contribution in [0.15, 0.2) is 24.3 Å². The largest absolute Gasteiger partial charge is 0.481 e. The number of carboxylic acids is 1. The fourth-order valence-electron chi connectivity index (χ4n) is 4.94. The summed E-state index contributed by atoms with van der Waals surface area (Å²) >= 11 is 0. The molecule has 2 atom stereocenters. The average molecular weight is 447 g/mol. The highest BCUT2D eigenvalue weighted by Gasteiger charge is 2.34. The summed E-state index contributed by atoms with van der Waals surface area (Å²) in [4.78, 5) is 11.6. The van der Waals surface area contributed by atoms with E-state index in [0.29, 0.717) is 24.3 Å². The van der Waals surface area contributed by atoms with Crippen molar-refractivity contribution < 1.29 is 23.1 Å². The van der Waals surface area contributed by atoms with Gasteiger partial charge in [-0.15, -0.1) is 0 Å². The molecule has 0 spiro atoms. The van der Waals surface area contributed by atoms with Crippen molar-refractivity contribution in [3.05, 3.63) is 57.9 Å². The Morgan fingerprint density at radius 2 is 1.91 bits per heavy atom. The number of carbonyl (C=O) groups is 1. The number of halogens is 3. The average Bonchev–Trinajstić information content (AvgIpc) is 2.99. The molecule has 1 aromatic carbocycles. The quantitative estimate of drug-likeness (QED) is 0.521. The first kappa shape index (κ1) is 23.9. The number of aliphatic carboxylic acids is 1. The number of alkyl halides is 3. The zero-order valence-corrected chi connectivity index (χ0v) is 18.7. The minimum atomic E-state index is -4.41. The van der Waals surface area contributed by atoms with Crippen molar-refractivity contribution in [1.82, 2.24) is 4.57 Å². The van der Waals surface area contributed by atoms with Crippen molar-refractivity contribution in [2.45, 2.75) is 77.4 Å². The molecule has 0 radical (unpaired) electrons. The van der Waals surface area contributed by atoms with Crippen LogP contribution < -0.4 is 0 Å². The van der Waals surface area contributed by atoms with Gasteiger partial charge >= 0.3 is 12.1 Å². The summed E-state index contributed by atoms with van der Waals surface area (Å²) in [6, 6.07) is 7.27. The summed E-state index contributed by atoms with van der Waals surface area (Å²) in [6.45, 7) is 6.05. The van der Waals surface area contributed by atoms with Crippen LogP contribution in [0.4, 0.5) is 13.2 Å². The lowest BCUT2D eigenvalue weighted by atomic mass is 9.84. The summed E-state index contributed by atoms with van der Waals surface area (Å²) in [5, 5.41) is 19.3. The van der Waals surface area contributed by atoms with Crippen LogP contribution in [0.2, 0.25) is 0 Å². The van der Waals surface area contributed by atoms with Gasteiger partial charge in [0, 0.05) is 17.3 Å². The van der Waals surface area contributed by atoms with E-state index in [1.54, 1.807) is 0 Å². The summed E-state index contributed by atoms with van der Waals surface area (Å²) < 4.78 is 41.4. The third kappa shape index (κ3) is 4.85. The van der Waals surface area contributed by atoms with Crippen molar-refractivity contribution >= 4 is 5.97 Å². The number of rotatable bonds is 7. The summed E-state index contributed by atoms with van der Waals surface area (Å²) in [5.74, 6) is -0.711. The molecular weight excluding hydrogens is 417 g/mol. The standard InChI is InChI=1S/C25H29F3N2O2/c1-15(2)7-12-22(17-8-10-19(11-9-17)25(26,27)28)30-16(3)21(14-29)20-6-4-5-18(24(20)30)13-23(31)32/h8-11,15,18,22H,4-7,12-13H2,1-3H3,(H,31,32)/t18?,22-/m1/s1. The molecule has 172 valence electrons. The van der Waals surface area contributed by atoms with Crippen molar-refractivity contribution in [2.75, 3.05) is 0 Å². The lowest BCUT2D eigenvalue weighted by molar-refractivity contribution is -0.138. The number of nitrogens with zero attached hydrogens (tertiary/aromatic N) is 2. The van der Waals surface area contributed by atoms with E-state index in [1.165, 1.54) is 12.1 Å². The molecule has 3 rings (SSSR count). The SMILES string of the molecule is Cc1c(C#N)c2c(n1[C@H](CCC(C)C)c1ccc(C(F)(F)F)cc1)C(CC(=O)O)CCC2. The topological polar surface area (TPSA) is 66.0 Å². The maximum absolute atomic E-state index is 13.1. The molecule has 7 heteroatoms. The first-order valence-electron chi connectivity index (χ1n) is 11.1. The van der Waals surface area contributed by atoms with Gasteiger partial charge in [0.05, 0.1) is 23.6 Å². The van der Waals surface area contributed by atoms with Crippen LogP contribution >= 0.6 is 0 Å². The number of fused-ring (bicyclic) bond motifs is 1. The Morgan fingerprint density at radius 1 is 1.25 bits per heavy atom. The molecule has 1 aliphatic rings. The van der Waals surface area contributed by atoms with Gasteiger partial charge in [0.2, 0.25) is 0 Å². The molecule has 0 aliphatic heterocycles. The van der Waals surface area contributed by atoms with E-state index in [0.717, 1.165) is 53.9 Å². The smallest absolute Gasteiger partial charge is 0.416 e. The third-order valence-electron chi connectivity index (χ3n) is 6.44. The van der Waals surface area contributed by atoms with E-state index in [2.05, 4.69) is 24.5 Å². The van der Waals surface area contributed by atoms with Gasteiger partial charge in [0.15, 0.2) is 0 Å². The highest BCUT2D eigenvalue weighted by Crippen LogP contribution is 2.43. The lowest BCUT2D eigenvalue weighted by Gasteiger charge is -2.30. The van der Waals surface area contributed by atoms with E-state index in [-0.39, 0.29) is 18.4 Å². The van der Waals surface area contributed by atoms with Gasteiger partial charge in [0.1, 0.15) is 6.07 Å². The Bertz CT molecular complexity index is 1010. The van der Waals surface area contributed by atoms with Crippen molar-refractivity contribution in [3.63, 3.8) is 0 Å². The monoisotopic (exact) mass is 446 g/mol. The van der Waals surface area contributed by atoms with Gasteiger partial charge < -0.3 is 9.67 Å². The Balaban J connectivity index is 2.17. The minimum absolute atomic E-state index is 0.0226. The van der Waals surface area contributed by atoms with Gasteiger partial charge in [-0.3, -0.25) is 4.79 Å². The molecule has 0 amide bonds. The molecule has 0 saturated carbocycles. The number of benzene rings is 1. The second-order valence-electron chi connectivity index (χ2n) is 9.10. The second-order valence-corrected chi connectivity index (χ2v) is 9.10. The van der Waals surface area contributed by atoms with Crippen LogP contribution in [0, 0.1) is 24.2 Å². The third-order valence-corrected chi connectivity index (χ3v) is 6.44. The number of aromatic nitrogens is 1. The molecule has 1 aromatic heterocycles. The second kappa shape index (κ2) is 9.40. The minimum Gasteiger partial charge on any atom is -0.481 e. The number of hydrogen-bond acceptors (Lipinski definition) is 2.